The molecule has 2 aliphatic rings. The van der Waals surface area contributed by atoms with E-state index < -0.39 is 6.04 Å². The molecule has 2 rings (SSSR count). The van der Waals surface area contributed by atoms with Crippen LogP contribution >= 0.6 is 0 Å². The molecule has 1 saturated carbocycles. The van der Waals surface area contributed by atoms with E-state index in [9.17, 15) is 14.4 Å². The van der Waals surface area contributed by atoms with Gasteiger partial charge in [-0.05, 0) is 32.1 Å². The highest BCUT2D eigenvalue weighted by Crippen LogP contribution is 2.29. The summed E-state index contributed by atoms with van der Waals surface area (Å²) < 4.78 is 0. The number of rotatable bonds is 8. The van der Waals surface area contributed by atoms with Crippen LogP contribution in [0, 0.1) is 11.8 Å². The highest BCUT2D eigenvalue weighted by Gasteiger charge is 2.35. The molecule has 3 unspecified atom stereocenters. The van der Waals surface area contributed by atoms with Crippen molar-refractivity contribution in [3.63, 3.8) is 0 Å². The van der Waals surface area contributed by atoms with Gasteiger partial charge in [0, 0.05) is 38.6 Å². The maximum absolute atomic E-state index is 13.1. The second kappa shape index (κ2) is 11.4. The van der Waals surface area contributed by atoms with Crippen molar-refractivity contribution < 1.29 is 14.4 Å². The average molecular weight is 409 g/mol. The van der Waals surface area contributed by atoms with Gasteiger partial charge in [0.1, 0.15) is 6.04 Å². The molecule has 0 radical (unpaired) electrons. The van der Waals surface area contributed by atoms with Gasteiger partial charge in [-0.25, -0.2) is 4.79 Å². The molecule has 7 heteroatoms. The lowest BCUT2D eigenvalue weighted by Crippen LogP contribution is -2.60. The van der Waals surface area contributed by atoms with Crippen molar-refractivity contribution in [1.82, 2.24) is 20.4 Å². The molecule has 1 aliphatic heterocycles. The monoisotopic (exact) mass is 408 g/mol. The van der Waals surface area contributed by atoms with E-state index >= 15 is 0 Å². The predicted octanol–water partition coefficient (Wildman–Crippen LogP) is 2.75. The summed E-state index contributed by atoms with van der Waals surface area (Å²) >= 11 is 0. The fourth-order valence-corrected chi connectivity index (χ4v) is 4.53. The van der Waals surface area contributed by atoms with Gasteiger partial charge in [0.25, 0.3) is 0 Å². The molecule has 0 bridgehead atoms. The number of nitrogens with zero attached hydrogens (tertiary/aromatic N) is 2. The number of hydrogen-bond donors (Lipinski definition) is 2. The summed E-state index contributed by atoms with van der Waals surface area (Å²) in [5.41, 5.74) is 0. The minimum Gasteiger partial charge on any atom is -0.338 e. The van der Waals surface area contributed by atoms with Crippen molar-refractivity contribution in [2.24, 2.45) is 11.8 Å². The van der Waals surface area contributed by atoms with Gasteiger partial charge >= 0.3 is 6.03 Å². The summed E-state index contributed by atoms with van der Waals surface area (Å²) in [7, 11) is 0. The van der Waals surface area contributed by atoms with Crippen molar-refractivity contribution in [1.29, 1.82) is 0 Å². The standard InChI is InChI=1S/C22H40N4O3/c1-5-16(3)20(24-22(29)23-6-2)21(28)25-13-14-26(17(4)15-25)19(27)12-11-18-9-7-8-10-18/h16-18,20H,5-15H2,1-4H3,(H2,23,24,29). The van der Waals surface area contributed by atoms with Crippen molar-refractivity contribution in [3.8, 4) is 0 Å². The van der Waals surface area contributed by atoms with Gasteiger partial charge in [-0.2, -0.15) is 0 Å². The van der Waals surface area contributed by atoms with E-state index in [1.807, 2.05) is 37.5 Å². The Balaban J connectivity index is 1.90. The van der Waals surface area contributed by atoms with E-state index in [1.54, 1.807) is 0 Å². The molecule has 1 aliphatic carbocycles. The smallest absolute Gasteiger partial charge is 0.315 e. The van der Waals surface area contributed by atoms with Crippen molar-refractivity contribution >= 4 is 17.8 Å². The Hall–Kier alpha value is -1.79. The fourth-order valence-electron chi connectivity index (χ4n) is 4.53. The van der Waals surface area contributed by atoms with Crippen molar-refractivity contribution in [2.75, 3.05) is 26.2 Å². The first kappa shape index (κ1) is 23.5. The third-order valence-corrected chi connectivity index (χ3v) is 6.60. The number of hydrogen-bond acceptors (Lipinski definition) is 3. The number of carbonyl (C=O) groups is 3. The summed E-state index contributed by atoms with van der Waals surface area (Å²) in [6, 6.07) is -0.839. The maximum Gasteiger partial charge on any atom is 0.315 e. The molecule has 0 spiro atoms. The van der Waals surface area contributed by atoms with E-state index in [-0.39, 0.29) is 29.8 Å². The van der Waals surface area contributed by atoms with Crippen LogP contribution in [-0.2, 0) is 9.59 Å². The summed E-state index contributed by atoms with van der Waals surface area (Å²) in [6.07, 6.45) is 7.56. The molecule has 0 aromatic carbocycles. The lowest BCUT2D eigenvalue weighted by atomic mass is 9.97. The summed E-state index contributed by atoms with van der Waals surface area (Å²) in [5.74, 6) is 0.936. The summed E-state index contributed by atoms with van der Waals surface area (Å²) in [5, 5.41) is 5.55. The number of piperazine rings is 1. The SMILES string of the molecule is CCNC(=O)NC(C(=O)N1CCN(C(=O)CCC2CCCC2)C(C)C1)C(C)CC. The van der Waals surface area contributed by atoms with E-state index in [4.69, 9.17) is 0 Å². The Morgan fingerprint density at radius 1 is 1.10 bits per heavy atom. The topological polar surface area (TPSA) is 81.8 Å². The number of carbonyl (C=O) groups excluding carboxylic acids is 3. The zero-order valence-corrected chi connectivity index (χ0v) is 18.7. The lowest BCUT2D eigenvalue weighted by molar-refractivity contribution is -0.144. The second-order valence-corrected chi connectivity index (χ2v) is 8.78. The normalized spacial score (nSPS) is 22.3. The largest absolute Gasteiger partial charge is 0.338 e. The maximum atomic E-state index is 13.1. The second-order valence-electron chi connectivity index (χ2n) is 8.78. The molecule has 29 heavy (non-hydrogen) atoms. The Morgan fingerprint density at radius 2 is 1.79 bits per heavy atom. The van der Waals surface area contributed by atoms with Crippen LogP contribution in [-0.4, -0.2) is 65.9 Å². The minimum atomic E-state index is -0.539. The number of urea groups is 1. The van der Waals surface area contributed by atoms with E-state index in [0.717, 1.165) is 12.8 Å². The Kier molecular flexibility index (Phi) is 9.24. The van der Waals surface area contributed by atoms with Crippen LogP contribution in [0.4, 0.5) is 4.79 Å². The van der Waals surface area contributed by atoms with Crippen LogP contribution < -0.4 is 10.6 Å². The third-order valence-electron chi connectivity index (χ3n) is 6.60. The van der Waals surface area contributed by atoms with Crippen molar-refractivity contribution in [3.05, 3.63) is 0 Å². The first-order valence-corrected chi connectivity index (χ1v) is 11.5. The predicted molar refractivity (Wildman–Crippen MR) is 114 cm³/mol. The average Bonchev–Trinajstić information content (AvgIpc) is 3.23. The molecule has 1 heterocycles. The Labute approximate surface area is 175 Å². The van der Waals surface area contributed by atoms with Crippen LogP contribution in [0.5, 0.6) is 0 Å². The van der Waals surface area contributed by atoms with Gasteiger partial charge in [-0.15, -0.1) is 0 Å². The van der Waals surface area contributed by atoms with E-state index in [1.165, 1.54) is 25.7 Å². The van der Waals surface area contributed by atoms with Crippen LogP contribution in [0.2, 0.25) is 0 Å². The zero-order chi connectivity index (χ0) is 21.4. The van der Waals surface area contributed by atoms with Gasteiger partial charge in [-0.3, -0.25) is 9.59 Å². The molecule has 166 valence electrons. The lowest BCUT2D eigenvalue weighted by Gasteiger charge is -2.41. The van der Waals surface area contributed by atoms with Gasteiger partial charge in [0.15, 0.2) is 0 Å². The number of amides is 4. The van der Waals surface area contributed by atoms with Gasteiger partial charge < -0.3 is 20.4 Å². The summed E-state index contributed by atoms with van der Waals surface area (Å²) in [6.45, 7) is 10.0. The van der Waals surface area contributed by atoms with Crippen LogP contribution in [0.15, 0.2) is 0 Å². The molecule has 0 aromatic rings. The van der Waals surface area contributed by atoms with Gasteiger partial charge in [-0.1, -0.05) is 46.0 Å². The highest BCUT2D eigenvalue weighted by molar-refractivity contribution is 5.87. The quantitative estimate of drug-likeness (QED) is 0.648. The molecule has 2 fully saturated rings. The molecular weight excluding hydrogens is 368 g/mol. The number of nitrogens with one attached hydrogen (secondary N) is 2. The van der Waals surface area contributed by atoms with E-state index in [0.29, 0.717) is 38.5 Å². The first-order chi connectivity index (χ1) is 13.9. The Morgan fingerprint density at radius 3 is 2.38 bits per heavy atom. The molecule has 0 aromatic heterocycles. The minimum absolute atomic E-state index is 0.00540. The van der Waals surface area contributed by atoms with Crippen LogP contribution in [0.25, 0.3) is 0 Å². The fraction of sp³-hybridized carbons (Fsp3) is 0.864. The van der Waals surface area contributed by atoms with Crippen LogP contribution in [0.3, 0.4) is 0 Å². The molecule has 1 saturated heterocycles. The third kappa shape index (κ3) is 6.61. The van der Waals surface area contributed by atoms with Gasteiger partial charge in [0.2, 0.25) is 11.8 Å². The zero-order valence-electron chi connectivity index (χ0n) is 18.7. The molecule has 2 N–H and O–H groups in total. The van der Waals surface area contributed by atoms with Crippen molar-refractivity contribution in [2.45, 2.75) is 84.7 Å². The van der Waals surface area contributed by atoms with E-state index in [2.05, 4.69) is 10.6 Å². The molecular formula is C22H40N4O3. The summed E-state index contributed by atoms with van der Waals surface area (Å²) in [4.78, 5) is 41.6. The Bertz CT molecular complexity index is 562. The molecule has 7 nitrogen and oxygen atoms in total. The highest BCUT2D eigenvalue weighted by atomic mass is 16.2. The van der Waals surface area contributed by atoms with Crippen LogP contribution in [0.1, 0.15) is 72.6 Å². The first-order valence-electron chi connectivity index (χ1n) is 11.5. The van der Waals surface area contributed by atoms with Gasteiger partial charge in [0.05, 0.1) is 0 Å². The molecule has 4 amide bonds. The molecule has 3 atom stereocenters.